The Morgan fingerprint density at radius 2 is 1.75 bits per heavy atom. The molecule has 1 aliphatic heterocycles. The van der Waals surface area contributed by atoms with E-state index in [4.69, 9.17) is 9.47 Å². The smallest absolute Gasteiger partial charge is 0.272 e. The minimum atomic E-state index is -0.549. The molecule has 2 N–H and O–H groups in total. The summed E-state index contributed by atoms with van der Waals surface area (Å²) in [6.45, 7) is 0. The van der Waals surface area contributed by atoms with E-state index in [1.54, 1.807) is 30.3 Å². The number of nitrogens with one attached hydrogen (secondary N) is 2. The third kappa shape index (κ3) is 2.91. The van der Waals surface area contributed by atoms with E-state index in [0.29, 0.717) is 22.6 Å². The van der Waals surface area contributed by atoms with Gasteiger partial charge in [-0.3, -0.25) is 9.59 Å². The molecule has 0 bridgehead atoms. The standard InChI is InChI=1S/C22H20N2O4/c25-20-16-7-3-2-6-14(16)12-17(24-20)21(26)23-15-8-9-18-19(13-15)28-22(27-18)10-4-1-5-11-22/h2-3,6-9,12-13H,1,4-5,10-11H2,(H,23,26)(H,24,25). The zero-order valence-corrected chi connectivity index (χ0v) is 15.3. The highest BCUT2D eigenvalue weighted by Crippen LogP contribution is 2.46. The first-order valence-electron chi connectivity index (χ1n) is 9.57. The molecule has 6 nitrogen and oxygen atoms in total. The van der Waals surface area contributed by atoms with Crippen molar-refractivity contribution in [2.75, 3.05) is 5.32 Å². The molecule has 3 aromatic rings. The summed E-state index contributed by atoms with van der Waals surface area (Å²) < 4.78 is 12.2. The number of H-pyrrole nitrogens is 1. The summed E-state index contributed by atoms with van der Waals surface area (Å²) >= 11 is 0. The second kappa shape index (κ2) is 6.41. The quantitative estimate of drug-likeness (QED) is 0.702. The van der Waals surface area contributed by atoms with E-state index in [1.165, 1.54) is 6.42 Å². The van der Waals surface area contributed by atoms with Crippen LogP contribution in [0.4, 0.5) is 5.69 Å². The van der Waals surface area contributed by atoms with E-state index in [0.717, 1.165) is 31.1 Å². The van der Waals surface area contributed by atoms with Crippen molar-refractivity contribution in [1.82, 2.24) is 4.98 Å². The van der Waals surface area contributed by atoms with Crippen LogP contribution in [0.2, 0.25) is 0 Å². The molecule has 142 valence electrons. The van der Waals surface area contributed by atoms with Gasteiger partial charge in [-0.2, -0.15) is 0 Å². The van der Waals surface area contributed by atoms with Crippen LogP contribution in [0.15, 0.2) is 53.3 Å². The van der Waals surface area contributed by atoms with E-state index in [-0.39, 0.29) is 17.2 Å². The molecule has 0 unspecified atom stereocenters. The number of anilines is 1. The SMILES string of the molecule is O=C(Nc1ccc2c(c1)OC1(CCCCC1)O2)c1cc2ccccc2c(=O)[nH]1. The van der Waals surface area contributed by atoms with Crippen molar-refractivity contribution in [3.63, 3.8) is 0 Å². The highest BCUT2D eigenvalue weighted by atomic mass is 16.7. The Bertz CT molecular complexity index is 1130. The molecular formula is C22H20N2O4. The lowest BCUT2D eigenvalue weighted by molar-refractivity contribution is -0.105. The zero-order valence-electron chi connectivity index (χ0n) is 15.3. The molecule has 0 saturated heterocycles. The third-order valence-corrected chi connectivity index (χ3v) is 5.41. The minimum absolute atomic E-state index is 0.213. The van der Waals surface area contributed by atoms with Crippen molar-refractivity contribution in [2.45, 2.75) is 37.9 Å². The Labute approximate surface area is 161 Å². The molecule has 1 amide bonds. The molecule has 0 radical (unpaired) electrons. The molecule has 5 rings (SSSR count). The van der Waals surface area contributed by atoms with E-state index in [1.807, 2.05) is 18.2 Å². The van der Waals surface area contributed by atoms with Crippen molar-refractivity contribution in [1.29, 1.82) is 0 Å². The molecule has 1 fully saturated rings. The van der Waals surface area contributed by atoms with Gasteiger partial charge >= 0.3 is 0 Å². The molecular weight excluding hydrogens is 356 g/mol. The van der Waals surface area contributed by atoms with Gasteiger partial charge in [-0.05, 0) is 42.5 Å². The summed E-state index contributed by atoms with van der Waals surface area (Å²) in [6.07, 6.45) is 5.14. The molecule has 2 aromatic carbocycles. The molecule has 1 spiro atoms. The number of hydrogen-bond donors (Lipinski definition) is 2. The third-order valence-electron chi connectivity index (χ3n) is 5.41. The lowest BCUT2D eigenvalue weighted by Crippen LogP contribution is -2.40. The number of carbonyl (C=O) groups excluding carboxylic acids is 1. The fourth-order valence-electron chi connectivity index (χ4n) is 4.00. The summed E-state index contributed by atoms with van der Waals surface area (Å²) in [7, 11) is 0. The normalized spacial score (nSPS) is 17.0. The van der Waals surface area contributed by atoms with Crippen LogP contribution in [0.5, 0.6) is 11.5 Å². The Hall–Kier alpha value is -3.28. The fraction of sp³-hybridized carbons (Fsp3) is 0.273. The van der Waals surface area contributed by atoms with Gasteiger partial charge in [-0.15, -0.1) is 0 Å². The van der Waals surface area contributed by atoms with Crippen LogP contribution < -0.4 is 20.3 Å². The molecule has 2 aliphatic rings. The number of amides is 1. The zero-order chi connectivity index (χ0) is 19.1. The Kier molecular flexibility index (Phi) is 3.86. The second-order valence-corrected chi connectivity index (χ2v) is 7.39. The van der Waals surface area contributed by atoms with Crippen LogP contribution in [0.1, 0.15) is 42.6 Å². The van der Waals surface area contributed by atoms with Crippen molar-refractivity contribution in [2.24, 2.45) is 0 Å². The molecule has 2 heterocycles. The van der Waals surface area contributed by atoms with E-state index < -0.39 is 5.79 Å². The summed E-state index contributed by atoms with van der Waals surface area (Å²) in [5.74, 6) is 0.423. The number of benzene rings is 2. The maximum Gasteiger partial charge on any atom is 0.272 e. The van der Waals surface area contributed by atoms with Gasteiger partial charge in [0.2, 0.25) is 0 Å². The molecule has 28 heavy (non-hydrogen) atoms. The van der Waals surface area contributed by atoms with Crippen LogP contribution in [-0.2, 0) is 0 Å². The lowest BCUT2D eigenvalue weighted by Gasteiger charge is -2.31. The first-order chi connectivity index (χ1) is 13.6. The maximum atomic E-state index is 12.7. The topological polar surface area (TPSA) is 80.4 Å². The summed E-state index contributed by atoms with van der Waals surface area (Å²) in [5.41, 5.74) is 0.521. The monoisotopic (exact) mass is 376 g/mol. The lowest BCUT2D eigenvalue weighted by atomic mass is 9.94. The van der Waals surface area contributed by atoms with Crippen molar-refractivity contribution in [3.8, 4) is 11.5 Å². The molecule has 1 aliphatic carbocycles. The number of ether oxygens (including phenoxy) is 2. The Balaban J connectivity index is 1.38. The van der Waals surface area contributed by atoms with Gasteiger partial charge in [0.15, 0.2) is 11.5 Å². The van der Waals surface area contributed by atoms with Crippen molar-refractivity contribution >= 4 is 22.4 Å². The first-order valence-corrected chi connectivity index (χ1v) is 9.57. The Morgan fingerprint density at radius 1 is 0.964 bits per heavy atom. The molecule has 1 saturated carbocycles. The highest BCUT2D eigenvalue weighted by Gasteiger charge is 2.42. The van der Waals surface area contributed by atoms with Gasteiger partial charge < -0.3 is 19.8 Å². The van der Waals surface area contributed by atoms with Crippen LogP contribution >= 0.6 is 0 Å². The average molecular weight is 376 g/mol. The summed E-state index contributed by atoms with van der Waals surface area (Å²) in [4.78, 5) is 27.5. The molecule has 0 atom stereocenters. The summed E-state index contributed by atoms with van der Waals surface area (Å²) in [5, 5.41) is 4.11. The number of hydrogen-bond acceptors (Lipinski definition) is 4. The van der Waals surface area contributed by atoms with Gasteiger partial charge in [-0.25, -0.2) is 0 Å². The number of aromatic amines is 1. The van der Waals surface area contributed by atoms with E-state index >= 15 is 0 Å². The van der Waals surface area contributed by atoms with Crippen LogP contribution in [-0.4, -0.2) is 16.7 Å². The average Bonchev–Trinajstić information content (AvgIpc) is 3.05. The van der Waals surface area contributed by atoms with Gasteiger partial charge in [0.1, 0.15) is 5.69 Å². The van der Waals surface area contributed by atoms with Crippen LogP contribution in [0.3, 0.4) is 0 Å². The number of pyridine rings is 1. The predicted molar refractivity (Wildman–Crippen MR) is 106 cm³/mol. The van der Waals surface area contributed by atoms with E-state index in [2.05, 4.69) is 10.3 Å². The highest BCUT2D eigenvalue weighted by molar-refractivity contribution is 6.04. The van der Waals surface area contributed by atoms with Crippen LogP contribution in [0.25, 0.3) is 10.8 Å². The number of carbonyl (C=O) groups is 1. The number of aromatic nitrogens is 1. The van der Waals surface area contributed by atoms with Gasteiger partial charge in [-0.1, -0.05) is 24.6 Å². The van der Waals surface area contributed by atoms with Crippen molar-refractivity contribution in [3.05, 3.63) is 64.6 Å². The molecule has 6 heteroatoms. The summed E-state index contributed by atoms with van der Waals surface area (Å²) in [6, 6.07) is 14.2. The number of rotatable bonds is 2. The van der Waals surface area contributed by atoms with Crippen molar-refractivity contribution < 1.29 is 14.3 Å². The van der Waals surface area contributed by atoms with Crippen LogP contribution in [0, 0.1) is 0 Å². The van der Waals surface area contributed by atoms with Gasteiger partial charge in [0.05, 0.1) is 0 Å². The first kappa shape index (κ1) is 16.9. The minimum Gasteiger partial charge on any atom is -0.448 e. The maximum absolute atomic E-state index is 12.7. The van der Waals surface area contributed by atoms with Gasteiger partial charge in [0, 0.05) is 30.0 Å². The number of fused-ring (bicyclic) bond motifs is 2. The largest absolute Gasteiger partial charge is 0.448 e. The van der Waals surface area contributed by atoms with Gasteiger partial charge in [0.25, 0.3) is 17.3 Å². The predicted octanol–water partition coefficient (Wildman–Crippen LogP) is 4.21. The fourth-order valence-corrected chi connectivity index (χ4v) is 4.00. The Morgan fingerprint density at radius 3 is 2.61 bits per heavy atom. The second-order valence-electron chi connectivity index (χ2n) is 7.39. The van der Waals surface area contributed by atoms with E-state index in [9.17, 15) is 9.59 Å². The molecule has 1 aromatic heterocycles.